The minimum atomic E-state index is -0.528. The van der Waals surface area contributed by atoms with E-state index in [0.29, 0.717) is 0 Å². The second kappa shape index (κ2) is 5.15. The third-order valence-corrected chi connectivity index (χ3v) is 4.96. The van der Waals surface area contributed by atoms with E-state index in [1.165, 1.54) is 0 Å². The van der Waals surface area contributed by atoms with Crippen molar-refractivity contribution in [3.8, 4) is 11.8 Å². The van der Waals surface area contributed by atoms with Crippen LogP contribution in [0.5, 0.6) is 0 Å². The first kappa shape index (κ1) is 14.1. The number of ketones is 2. The molecular formula is C19H20O2. The van der Waals surface area contributed by atoms with Gasteiger partial charge in [0.1, 0.15) is 5.92 Å². The Balaban J connectivity index is 2.09. The predicted octanol–water partition coefficient (Wildman–Crippen LogP) is 3.33. The fraction of sp³-hybridized carbons (Fsp3) is 0.474. The quantitative estimate of drug-likeness (QED) is 0.584. The number of hydrogen-bond acceptors (Lipinski definition) is 2. The zero-order valence-corrected chi connectivity index (χ0v) is 12.8. The molecule has 0 spiro atoms. The largest absolute Gasteiger partial charge is 0.298 e. The topological polar surface area (TPSA) is 34.1 Å². The van der Waals surface area contributed by atoms with E-state index in [9.17, 15) is 9.59 Å². The minimum absolute atomic E-state index is 0.103. The highest BCUT2D eigenvalue weighted by molar-refractivity contribution is 6.12. The Morgan fingerprint density at radius 2 is 1.52 bits per heavy atom. The summed E-state index contributed by atoms with van der Waals surface area (Å²) in [4.78, 5) is 25.3. The number of hydrogen-bond donors (Lipinski definition) is 0. The van der Waals surface area contributed by atoms with Crippen LogP contribution in [0.15, 0.2) is 12.1 Å². The molecule has 0 saturated heterocycles. The molecule has 2 unspecified atom stereocenters. The van der Waals surface area contributed by atoms with E-state index in [1.807, 2.05) is 32.9 Å². The Hall–Kier alpha value is -1.88. The highest BCUT2D eigenvalue weighted by Gasteiger charge is 2.48. The molecule has 0 amide bonds. The number of rotatable bonds is 1. The number of benzene rings is 1. The molecule has 2 nitrogen and oxygen atoms in total. The van der Waals surface area contributed by atoms with Gasteiger partial charge in [0.2, 0.25) is 0 Å². The molecule has 1 aromatic carbocycles. The van der Waals surface area contributed by atoms with E-state index in [4.69, 9.17) is 0 Å². The Morgan fingerprint density at radius 3 is 2.00 bits per heavy atom. The molecule has 3 rings (SSSR count). The summed E-state index contributed by atoms with van der Waals surface area (Å²) < 4.78 is 0. The standard InChI is InChI=1S/C19H20O2/c1-4-5-13-8-11(2)16(12(3)9-13)17-18(20)14-6-7-15(10-14)19(17)21/h8-9,14-15,17H,6-7,10H2,1-3H3. The lowest BCUT2D eigenvalue weighted by Crippen LogP contribution is -2.35. The number of fused-ring (bicyclic) bond motifs is 2. The van der Waals surface area contributed by atoms with Crippen LogP contribution in [-0.4, -0.2) is 11.6 Å². The lowest BCUT2D eigenvalue weighted by atomic mass is 9.73. The van der Waals surface area contributed by atoms with E-state index in [0.717, 1.165) is 41.5 Å². The molecule has 0 aromatic heterocycles. The molecule has 21 heavy (non-hydrogen) atoms. The molecule has 2 saturated carbocycles. The Labute approximate surface area is 125 Å². The average Bonchev–Trinajstić information content (AvgIpc) is 2.87. The van der Waals surface area contributed by atoms with Crippen molar-refractivity contribution in [1.82, 2.24) is 0 Å². The van der Waals surface area contributed by atoms with Gasteiger partial charge >= 0.3 is 0 Å². The summed E-state index contributed by atoms with van der Waals surface area (Å²) in [5, 5.41) is 0. The van der Waals surface area contributed by atoms with Crippen molar-refractivity contribution in [2.45, 2.75) is 46.0 Å². The molecule has 0 aliphatic heterocycles. The first-order valence-corrected chi connectivity index (χ1v) is 7.64. The molecule has 2 heteroatoms. The Morgan fingerprint density at radius 1 is 1.00 bits per heavy atom. The van der Waals surface area contributed by atoms with E-state index < -0.39 is 5.92 Å². The zero-order valence-electron chi connectivity index (χ0n) is 12.8. The van der Waals surface area contributed by atoms with Gasteiger partial charge in [-0.25, -0.2) is 0 Å². The second-order valence-electron chi connectivity index (χ2n) is 6.34. The van der Waals surface area contributed by atoms with Gasteiger partial charge in [-0.05, 0) is 68.9 Å². The summed E-state index contributed by atoms with van der Waals surface area (Å²) >= 11 is 0. The molecule has 0 heterocycles. The lowest BCUT2D eigenvalue weighted by Gasteiger charge is -2.28. The van der Waals surface area contributed by atoms with Crippen LogP contribution in [0.1, 0.15) is 54.4 Å². The number of Topliss-reactive ketones (excluding diaryl/α,β-unsaturated/α-hetero) is 2. The maximum atomic E-state index is 12.7. The maximum absolute atomic E-state index is 12.7. The van der Waals surface area contributed by atoms with E-state index >= 15 is 0 Å². The molecule has 2 aliphatic rings. The zero-order chi connectivity index (χ0) is 15.1. The van der Waals surface area contributed by atoms with Gasteiger partial charge in [-0.15, -0.1) is 5.92 Å². The third-order valence-electron chi connectivity index (χ3n) is 4.96. The summed E-state index contributed by atoms with van der Waals surface area (Å²) in [5.74, 6) is 5.92. The number of carbonyl (C=O) groups excluding carboxylic acids is 2. The highest BCUT2D eigenvalue weighted by Crippen LogP contribution is 2.45. The Kier molecular flexibility index (Phi) is 3.45. The van der Waals surface area contributed by atoms with Crippen molar-refractivity contribution >= 4 is 11.6 Å². The molecule has 0 radical (unpaired) electrons. The molecule has 2 bridgehead atoms. The van der Waals surface area contributed by atoms with Crippen LogP contribution in [0.4, 0.5) is 0 Å². The van der Waals surface area contributed by atoms with Crippen LogP contribution in [0.3, 0.4) is 0 Å². The SMILES string of the molecule is CC#Cc1cc(C)c(C2C(=O)C3CCC(C3)C2=O)c(C)c1. The van der Waals surface area contributed by atoms with E-state index in [2.05, 4.69) is 11.8 Å². The second-order valence-corrected chi connectivity index (χ2v) is 6.34. The molecule has 2 aliphatic carbocycles. The smallest absolute Gasteiger partial charge is 0.150 e. The van der Waals surface area contributed by atoms with Crippen LogP contribution in [-0.2, 0) is 9.59 Å². The van der Waals surface area contributed by atoms with Crippen molar-refractivity contribution in [3.05, 3.63) is 34.4 Å². The van der Waals surface area contributed by atoms with Crippen LogP contribution >= 0.6 is 0 Å². The summed E-state index contributed by atoms with van der Waals surface area (Å²) in [6.07, 6.45) is 2.57. The lowest BCUT2D eigenvalue weighted by molar-refractivity contribution is -0.135. The van der Waals surface area contributed by atoms with Crippen LogP contribution < -0.4 is 0 Å². The van der Waals surface area contributed by atoms with Crippen LogP contribution in [0, 0.1) is 37.5 Å². The first-order valence-electron chi connectivity index (χ1n) is 7.64. The monoisotopic (exact) mass is 280 g/mol. The first-order chi connectivity index (χ1) is 10.0. The van der Waals surface area contributed by atoms with Gasteiger partial charge in [0, 0.05) is 17.4 Å². The average molecular weight is 280 g/mol. The van der Waals surface area contributed by atoms with Crippen LogP contribution in [0.25, 0.3) is 0 Å². The maximum Gasteiger partial charge on any atom is 0.150 e. The van der Waals surface area contributed by atoms with Gasteiger partial charge < -0.3 is 0 Å². The molecule has 1 aromatic rings. The van der Waals surface area contributed by atoms with Crippen molar-refractivity contribution in [3.63, 3.8) is 0 Å². The number of aryl methyl sites for hydroxylation is 2. The fourth-order valence-corrected chi connectivity index (χ4v) is 4.04. The highest BCUT2D eigenvalue weighted by atomic mass is 16.2. The van der Waals surface area contributed by atoms with E-state index in [1.54, 1.807) is 0 Å². The van der Waals surface area contributed by atoms with Gasteiger partial charge in [0.25, 0.3) is 0 Å². The Bertz CT molecular complexity index is 642. The summed E-state index contributed by atoms with van der Waals surface area (Å²) in [5.41, 5.74) is 3.92. The molecular weight excluding hydrogens is 260 g/mol. The van der Waals surface area contributed by atoms with Gasteiger partial charge in [-0.3, -0.25) is 9.59 Å². The molecule has 108 valence electrons. The van der Waals surface area contributed by atoms with Crippen molar-refractivity contribution < 1.29 is 9.59 Å². The van der Waals surface area contributed by atoms with Gasteiger partial charge in [0.15, 0.2) is 11.6 Å². The summed E-state index contributed by atoms with van der Waals surface area (Å²) in [6, 6.07) is 3.99. The molecule has 2 atom stereocenters. The van der Waals surface area contributed by atoms with Gasteiger partial charge in [-0.2, -0.15) is 0 Å². The minimum Gasteiger partial charge on any atom is -0.298 e. The van der Waals surface area contributed by atoms with Crippen molar-refractivity contribution in [2.75, 3.05) is 0 Å². The molecule has 0 N–H and O–H groups in total. The van der Waals surface area contributed by atoms with Crippen molar-refractivity contribution in [1.29, 1.82) is 0 Å². The predicted molar refractivity (Wildman–Crippen MR) is 82.1 cm³/mol. The van der Waals surface area contributed by atoms with Gasteiger partial charge in [-0.1, -0.05) is 5.92 Å². The van der Waals surface area contributed by atoms with Gasteiger partial charge in [0.05, 0.1) is 0 Å². The fourth-order valence-electron chi connectivity index (χ4n) is 4.04. The molecule has 2 fully saturated rings. The summed E-state index contributed by atoms with van der Waals surface area (Å²) in [7, 11) is 0. The number of carbonyl (C=O) groups is 2. The van der Waals surface area contributed by atoms with Crippen molar-refractivity contribution in [2.24, 2.45) is 11.8 Å². The van der Waals surface area contributed by atoms with E-state index in [-0.39, 0.29) is 23.4 Å². The normalized spacial score (nSPS) is 27.5. The third kappa shape index (κ3) is 2.21. The van der Waals surface area contributed by atoms with Crippen LogP contribution in [0.2, 0.25) is 0 Å². The summed E-state index contributed by atoms with van der Waals surface area (Å²) in [6.45, 7) is 5.78.